The SMILES string of the molecule is CC[NH+](CC(=O)NCCc1ccc(S(N)(=O)=O)cc1)Cc1nc2cc(OC)c(OC)cc2c(=O)[nH]1. The number of nitrogens with two attached hydrogens (primary N) is 1. The number of nitrogens with one attached hydrogen (secondary N) is 3. The Bertz CT molecular complexity index is 1360. The largest absolute Gasteiger partial charge is 0.493 e. The second kappa shape index (κ2) is 11.3. The van der Waals surface area contributed by atoms with Gasteiger partial charge in [-0.2, -0.15) is 0 Å². The minimum Gasteiger partial charge on any atom is -0.493 e. The van der Waals surface area contributed by atoms with Gasteiger partial charge in [-0.05, 0) is 37.1 Å². The van der Waals surface area contributed by atoms with E-state index < -0.39 is 10.0 Å². The van der Waals surface area contributed by atoms with E-state index >= 15 is 0 Å². The highest BCUT2D eigenvalue weighted by Gasteiger charge is 2.17. The lowest BCUT2D eigenvalue weighted by Gasteiger charge is -2.17. The Labute approximate surface area is 203 Å². The number of benzene rings is 2. The summed E-state index contributed by atoms with van der Waals surface area (Å²) in [5, 5.41) is 8.36. The van der Waals surface area contributed by atoms with Gasteiger partial charge in [0.2, 0.25) is 10.0 Å². The molecule has 2 aromatic carbocycles. The number of primary sulfonamides is 1. The third-order valence-corrected chi connectivity index (χ3v) is 6.50. The zero-order valence-electron chi connectivity index (χ0n) is 19.9. The number of H-pyrrole nitrogens is 1. The molecule has 1 heterocycles. The Morgan fingerprint density at radius 2 is 1.80 bits per heavy atom. The second-order valence-electron chi connectivity index (χ2n) is 7.98. The van der Waals surface area contributed by atoms with Crippen LogP contribution < -0.4 is 30.4 Å². The van der Waals surface area contributed by atoms with E-state index in [0.717, 1.165) is 10.5 Å². The third-order valence-electron chi connectivity index (χ3n) is 5.58. The number of methoxy groups -OCH3 is 2. The lowest BCUT2D eigenvalue weighted by molar-refractivity contribution is -0.904. The lowest BCUT2D eigenvalue weighted by Crippen LogP contribution is -3.11. The molecule has 1 aromatic heterocycles. The standard InChI is InChI=1S/C23H29N5O6S/c1-4-28(14-22(29)25-10-9-15-5-7-16(8-6-15)35(24,31)32)13-21-26-18-12-20(34-3)19(33-2)11-17(18)23(30)27-21/h5-8,11-12H,4,9-10,13-14H2,1-3H3,(H,25,29)(H2,24,31,32)(H,26,27,30)/p+1. The number of hydrogen-bond acceptors (Lipinski definition) is 7. The molecule has 188 valence electrons. The normalized spacial score (nSPS) is 12.3. The van der Waals surface area contributed by atoms with Gasteiger partial charge in [-0.3, -0.25) is 9.59 Å². The fourth-order valence-electron chi connectivity index (χ4n) is 3.63. The quantitative estimate of drug-likeness (QED) is 0.270. The summed E-state index contributed by atoms with van der Waals surface area (Å²) in [6.45, 7) is 3.56. The van der Waals surface area contributed by atoms with Crippen LogP contribution in [-0.4, -0.2) is 58.1 Å². The van der Waals surface area contributed by atoms with E-state index in [0.29, 0.717) is 54.3 Å². The van der Waals surface area contributed by atoms with Crippen LogP contribution in [0.1, 0.15) is 18.3 Å². The van der Waals surface area contributed by atoms with E-state index in [-0.39, 0.29) is 22.9 Å². The van der Waals surface area contributed by atoms with E-state index in [2.05, 4.69) is 15.3 Å². The summed E-state index contributed by atoms with van der Waals surface area (Å²) >= 11 is 0. The van der Waals surface area contributed by atoms with Crippen LogP contribution in [0.3, 0.4) is 0 Å². The van der Waals surface area contributed by atoms with Crippen LogP contribution in [0, 0.1) is 0 Å². The molecule has 0 saturated carbocycles. The minimum atomic E-state index is -3.73. The van der Waals surface area contributed by atoms with Crippen molar-refractivity contribution in [3.05, 3.63) is 58.1 Å². The molecular weight excluding hydrogens is 474 g/mol. The van der Waals surface area contributed by atoms with E-state index in [1.165, 1.54) is 26.4 Å². The van der Waals surface area contributed by atoms with Gasteiger partial charge in [-0.15, -0.1) is 0 Å². The number of ether oxygens (including phenoxy) is 2. The Hall–Kier alpha value is -3.48. The molecule has 5 N–H and O–H groups in total. The number of quaternary nitrogens is 1. The highest BCUT2D eigenvalue weighted by Crippen LogP contribution is 2.29. The molecule has 0 spiro atoms. The summed E-state index contributed by atoms with van der Waals surface area (Å²) in [6, 6.07) is 9.46. The van der Waals surface area contributed by atoms with Crippen molar-refractivity contribution >= 4 is 26.8 Å². The molecule has 0 fully saturated rings. The van der Waals surface area contributed by atoms with Gasteiger partial charge in [0.25, 0.3) is 11.5 Å². The van der Waals surface area contributed by atoms with E-state index in [1.54, 1.807) is 24.3 Å². The number of carbonyl (C=O) groups excluding carboxylic acids is 1. The molecule has 1 amide bonds. The molecule has 1 unspecified atom stereocenters. The van der Waals surface area contributed by atoms with Gasteiger partial charge in [-0.25, -0.2) is 18.5 Å². The van der Waals surface area contributed by atoms with E-state index in [9.17, 15) is 18.0 Å². The number of amides is 1. The monoisotopic (exact) mass is 504 g/mol. The summed E-state index contributed by atoms with van der Waals surface area (Å²) in [6.07, 6.45) is 0.545. The third kappa shape index (κ3) is 6.78. The molecule has 0 saturated heterocycles. The molecule has 0 bridgehead atoms. The first kappa shape index (κ1) is 26.1. The van der Waals surface area contributed by atoms with Crippen molar-refractivity contribution in [2.75, 3.05) is 33.9 Å². The molecule has 0 radical (unpaired) electrons. The van der Waals surface area contributed by atoms with Crippen molar-refractivity contribution < 1.29 is 27.6 Å². The first-order valence-electron chi connectivity index (χ1n) is 11.0. The van der Waals surface area contributed by atoms with E-state index in [1.807, 2.05) is 6.92 Å². The van der Waals surface area contributed by atoms with Crippen LogP contribution in [-0.2, 0) is 27.8 Å². The summed E-state index contributed by atoms with van der Waals surface area (Å²) in [5.41, 5.74) is 1.07. The highest BCUT2D eigenvalue weighted by atomic mass is 32.2. The molecule has 0 aliphatic carbocycles. The Balaban J connectivity index is 1.60. The molecule has 0 aliphatic heterocycles. The molecule has 0 aliphatic rings. The van der Waals surface area contributed by atoms with Crippen molar-refractivity contribution in [3.63, 3.8) is 0 Å². The van der Waals surface area contributed by atoms with Gasteiger partial charge < -0.3 is 24.7 Å². The van der Waals surface area contributed by atoms with Crippen LogP contribution >= 0.6 is 0 Å². The van der Waals surface area contributed by atoms with Crippen LogP contribution in [0.2, 0.25) is 0 Å². The smallest absolute Gasteiger partial charge is 0.275 e. The van der Waals surface area contributed by atoms with Crippen molar-refractivity contribution in [2.45, 2.75) is 24.8 Å². The number of rotatable bonds is 11. The molecule has 35 heavy (non-hydrogen) atoms. The predicted molar refractivity (Wildman–Crippen MR) is 130 cm³/mol. The van der Waals surface area contributed by atoms with Crippen molar-refractivity contribution in [1.82, 2.24) is 15.3 Å². The summed E-state index contributed by atoms with van der Waals surface area (Å²) in [7, 11) is -0.719. The molecule has 3 rings (SSSR count). The minimum absolute atomic E-state index is 0.0467. The summed E-state index contributed by atoms with van der Waals surface area (Å²) in [5.74, 6) is 1.24. The zero-order chi connectivity index (χ0) is 25.6. The van der Waals surface area contributed by atoms with Gasteiger partial charge in [0, 0.05) is 12.6 Å². The van der Waals surface area contributed by atoms with Gasteiger partial charge in [0.05, 0.1) is 36.6 Å². The van der Waals surface area contributed by atoms with Crippen LogP contribution in [0.5, 0.6) is 11.5 Å². The van der Waals surface area contributed by atoms with Gasteiger partial charge in [0.1, 0.15) is 6.54 Å². The first-order valence-corrected chi connectivity index (χ1v) is 12.6. The number of hydrogen-bond donors (Lipinski definition) is 4. The lowest BCUT2D eigenvalue weighted by atomic mass is 10.1. The number of nitrogens with zero attached hydrogens (tertiary/aromatic N) is 1. The molecule has 11 nitrogen and oxygen atoms in total. The average molecular weight is 505 g/mol. The predicted octanol–water partition coefficient (Wildman–Crippen LogP) is -0.649. The van der Waals surface area contributed by atoms with Crippen LogP contribution in [0.4, 0.5) is 0 Å². The van der Waals surface area contributed by atoms with Crippen molar-refractivity contribution in [1.29, 1.82) is 0 Å². The molecule has 12 heteroatoms. The number of likely N-dealkylation sites (N-methyl/N-ethyl adjacent to an activating group) is 1. The molecular formula is C23H30N5O6S+. The molecule has 1 atom stereocenters. The average Bonchev–Trinajstić information content (AvgIpc) is 2.82. The van der Waals surface area contributed by atoms with E-state index in [4.69, 9.17) is 14.6 Å². The fraction of sp³-hybridized carbons (Fsp3) is 0.348. The van der Waals surface area contributed by atoms with Crippen LogP contribution in [0.25, 0.3) is 10.9 Å². The zero-order valence-corrected chi connectivity index (χ0v) is 20.7. The van der Waals surface area contributed by atoms with Gasteiger partial charge in [0.15, 0.2) is 23.9 Å². The number of aromatic nitrogens is 2. The van der Waals surface area contributed by atoms with Crippen LogP contribution in [0.15, 0.2) is 46.1 Å². The summed E-state index contributed by atoms with van der Waals surface area (Å²) < 4.78 is 33.2. The second-order valence-corrected chi connectivity index (χ2v) is 9.54. The van der Waals surface area contributed by atoms with Crippen molar-refractivity contribution in [3.8, 4) is 11.5 Å². The maximum Gasteiger partial charge on any atom is 0.275 e. The molecule has 3 aromatic rings. The highest BCUT2D eigenvalue weighted by molar-refractivity contribution is 7.89. The fourth-order valence-corrected chi connectivity index (χ4v) is 4.14. The number of sulfonamides is 1. The van der Waals surface area contributed by atoms with Crippen molar-refractivity contribution in [2.24, 2.45) is 5.14 Å². The van der Waals surface area contributed by atoms with Gasteiger partial charge >= 0.3 is 0 Å². The first-order chi connectivity index (χ1) is 16.6. The maximum absolute atomic E-state index is 12.6. The Morgan fingerprint density at radius 1 is 1.14 bits per heavy atom. The Morgan fingerprint density at radius 3 is 2.40 bits per heavy atom. The summed E-state index contributed by atoms with van der Waals surface area (Å²) in [4.78, 5) is 33.4. The number of aromatic amines is 1. The maximum atomic E-state index is 12.6. The Kier molecular flexibility index (Phi) is 8.43. The number of fused-ring (bicyclic) bond motifs is 1. The number of carbonyl (C=O) groups is 1. The van der Waals surface area contributed by atoms with Gasteiger partial charge in [-0.1, -0.05) is 12.1 Å². The topological polar surface area (TPSA) is 158 Å².